The van der Waals surface area contributed by atoms with E-state index in [1.165, 1.54) is 12.0 Å². The molecule has 0 aromatic carbocycles. The van der Waals surface area contributed by atoms with E-state index < -0.39 is 11.4 Å². The van der Waals surface area contributed by atoms with Crippen LogP contribution in [0.1, 0.15) is 19.5 Å². The molecular weight excluding hydrogens is 244 g/mol. The quantitative estimate of drug-likeness (QED) is 0.594. The lowest BCUT2D eigenvalue weighted by Crippen LogP contribution is -2.44. The summed E-state index contributed by atoms with van der Waals surface area (Å²) < 4.78 is 4.65. The molecular formula is C14H20N2O3. The summed E-state index contributed by atoms with van der Waals surface area (Å²) in [5, 5.41) is 0. The number of pyridine rings is 1. The van der Waals surface area contributed by atoms with Crippen LogP contribution in [0.25, 0.3) is 0 Å². The first kappa shape index (κ1) is 15.1. The number of esters is 1. The minimum atomic E-state index is -1.16. The van der Waals surface area contributed by atoms with E-state index in [2.05, 4.69) is 9.72 Å². The second-order valence-electron chi connectivity index (χ2n) is 4.91. The van der Waals surface area contributed by atoms with E-state index in [1.54, 1.807) is 27.1 Å². The summed E-state index contributed by atoms with van der Waals surface area (Å²) in [4.78, 5) is 29.5. The van der Waals surface area contributed by atoms with Gasteiger partial charge in [-0.1, -0.05) is 6.07 Å². The predicted molar refractivity (Wildman–Crippen MR) is 71.4 cm³/mol. The molecule has 0 atom stereocenters. The van der Waals surface area contributed by atoms with Gasteiger partial charge in [-0.25, -0.2) is 0 Å². The predicted octanol–water partition coefficient (Wildman–Crippen LogP) is 1.28. The molecule has 0 aliphatic carbocycles. The number of methoxy groups -OCH3 is 1. The molecule has 1 aromatic rings. The largest absolute Gasteiger partial charge is 0.468 e. The molecule has 0 aliphatic heterocycles. The Hall–Kier alpha value is -1.91. The van der Waals surface area contributed by atoms with Crippen LogP contribution in [-0.4, -0.2) is 42.5 Å². The minimum absolute atomic E-state index is 0.254. The summed E-state index contributed by atoms with van der Waals surface area (Å²) in [6, 6.07) is 5.66. The van der Waals surface area contributed by atoms with Crippen molar-refractivity contribution in [3.8, 4) is 0 Å². The summed E-state index contributed by atoms with van der Waals surface area (Å²) >= 11 is 0. The van der Waals surface area contributed by atoms with Crippen LogP contribution in [0.2, 0.25) is 0 Å². The molecule has 1 aromatic heterocycles. The zero-order valence-corrected chi connectivity index (χ0v) is 11.8. The zero-order valence-electron chi connectivity index (χ0n) is 11.8. The normalized spacial score (nSPS) is 10.9. The lowest BCUT2D eigenvalue weighted by Gasteiger charge is -2.27. The van der Waals surface area contributed by atoms with Gasteiger partial charge in [-0.05, 0) is 26.0 Å². The van der Waals surface area contributed by atoms with Gasteiger partial charge in [0, 0.05) is 31.9 Å². The van der Waals surface area contributed by atoms with Gasteiger partial charge in [0.05, 0.1) is 7.11 Å². The molecule has 0 saturated heterocycles. The minimum Gasteiger partial charge on any atom is -0.468 e. The second-order valence-corrected chi connectivity index (χ2v) is 4.91. The highest BCUT2D eigenvalue weighted by molar-refractivity contribution is 6.01. The van der Waals surface area contributed by atoms with Crippen molar-refractivity contribution >= 4 is 11.9 Å². The van der Waals surface area contributed by atoms with Crippen molar-refractivity contribution in [3.63, 3.8) is 0 Å². The number of aromatic nitrogens is 1. The number of hydrogen-bond acceptors (Lipinski definition) is 4. The average Bonchev–Trinajstić information content (AvgIpc) is 2.43. The van der Waals surface area contributed by atoms with Crippen LogP contribution in [0.4, 0.5) is 0 Å². The van der Waals surface area contributed by atoms with E-state index in [4.69, 9.17) is 0 Å². The molecule has 1 rings (SSSR count). The maximum Gasteiger partial charge on any atom is 0.320 e. The third-order valence-electron chi connectivity index (χ3n) is 3.01. The van der Waals surface area contributed by atoms with Crippen LogP contribution in [-0.2, 0) is 20.7 Å². The molecule has 19 heavy (non-hydrogen) atoms. The van der Waals surface area contributed by atoms with Crippen molar-refractivity contribution in [1.29, 1.82) is 0 Å². The molecule has 0 spiro atoms. The third kappa shape index (κ3) is 3.77. The molecule has 0 saturated carbocycles. The lowest BCUT2D eigenvalue weighted by atomic mass is 9.92. The fourth-order valence-corrected chi connectivity index (χ4v) is 1.75. The molecule has 5 heteroatoms. The van der Waals surface area contributed by atoms with Crippen LogP contribution < -0.4 is 0 Å². The fraction of sp³-hybridized carbons (Fsp3) is 0.500. The number of rotatable bonds is 5. The standard InChI is InChI=1S/C14H20N2O3/c1-14(2,13(18)19-4)12(17)16(3)10-8-11-7-5-6-9-15-11/h5-7,9H,8,10H2,1-4H3. The maximum atomic E-state index is 12.2. The molecule has 0 aliphatic rings. The van der Waals surface area contributed by atoms with Crippen molar-refractivity contribution in [2.75, 3.05) is 20.7 Å². The van der Waals surface area contributed by atoms with Gasteiger partial charge in [-0.15, -0.1) is 0 Å². The lowest BCUT2D eigenvalue weighted by molar-refractivity contribution is -0.160. The van der Waals surface area contributed by atoms with Gasteiger partial charge < -0.3 is 9.64 Å². The molecule has 104 valence electrons. The topological polar surface area (TPSA) is 59.5 Å². The zero-order chi connectivity index (χ0) is 14.5. The summed E-state index contributed by atoms with van der Waals surface area (Å²) in [6.07, 6.45) is 2.37. The molecule has 0 bridgehead atoms. The Kier molecular flexibility index (Phi) is 5.03. The molecule has 0 unspecified atom stereocenters. The smallest absolute Gasteiger partial charge is 0.320 e. The number of carbonyl (C=O) groups excluding carboxylic acids is 2. The van der Waals surface area contributed by atoms with Gasteiger partial charge in [0.15, 0.2) is 0 Å². The second kappa shape index (κ2) is 6.31. The molecule has 1 heterocycles. The van der Waals surface area contributed by atoms with Crippen molar-refractivity contribution in [2.24, 2.45) is 5.41 Å². The fourth-order valence-electron chi connectivity index (χ4n) is 1.75. The highest BCUT2D eigenvalue weighted by Gasteiger charge is 2.39. The SMILES string of the molecule is COC(=O)C(C)(C)C(=O)N(C)CCc1ccccn1. The van der Waals surface area contributed by atoms with E-state index in [9.17, 15) is 9.59 Å². The van der Waals surface area contributed by atoms with Crippen molar-refractivity contribution < 1.29 is 14.3 Å². The van der Waals surface area contributed by atoms with Crippen LogP contribution >= 0.6 is 0 Å². The highest BCUT2D eigenvalue weighted by Crippen LogP contribution is 2.20. The summed E-state index contributed by atoms with van der Waals surface area (Å²) in [7, 11) is 2.96. The Morgan fingerprint density at radius 1 is 1.37 bits per heavy atom. The van der Waals surface area contributed by atoms with Gasteiger partial charge >= 0.3 is 5.97 Å². The number of carbonyl (C=O) groups is 2. The molecule has 5 nitrogen and oxygen atoms in total. The summed E-state index contributed by atoms with van der Waals surface area (Å²) in [5.74, 6) is -0.780. The first-order chi connectivity index (χ1) is 8.89. The van der Waals surface area contributed by atoms with E-state index in [0.29, 0.717) is 13.0 Å². The van der Waals surface area contributed by atoms with Crippen molar-refractivity contribution in [1.82, 2.24) is 9.88 Å². The van der Waals surface area contributed by atoms with Gasteiger partial charge in [0.25, 0.3) is 0 Å². The van der Waals surface area contributed by atoms with E-state index in [1.807, 2.05) is 18.2 Å². The Morgan fingerprint density at radius 2 is 2.05 bits per heavy atom. The number of likely N-dealkylation sites (N-methyl/N-ethyl adjacent to an activating group) is 1. The van der Waals surface area contributed by atoms with Crippen LogP contribution in [0.5, 0.6) is 0 Å². The molecule has 0 fully saturated rings. The first-order valence-electron chi connectivity index (χ1n) is 6.13. The van der Waals surface area contributed by atoms with Gasteiger partial charge in [-0.2, -0.15) is 0 Å². The van der Waals surface area contributed by atoms with Gasteiger partial charge in [0.2, 0.25) is 5.91 Å². The Balaban J connectivity index is 2.61. The van der Waals surface area contributed by atoms with E-state index in [0.717, 1.165) is 5.69 Å². The first-order valence-corrected chi connectivity index (χ1v) is 6.13. The monoisotopic (exact) mass is 264 g/mol. The average molecular weight is 264 g/mol. The van der Waals surface area contributed by atoms with Gasteiger partial charge in [0.1, 0.15) is 5.41 Å². The maximum absolute atomic E-state index is 12.2. The van der Waals surface area contributed by atoms with Crippen molar-refractivity contribution in [2.45, 2.75) is 20.3 Å². The molecule has 0 N–H and O–H groups in total. The van der Waals surface area contributed by atoms with Crippen molar-refractivity contribution in [3.05, 3.63) is 30.1 Å². The Labute approximate surface area is 113 Å². The highest BCUT2D eigenvalue weighted by atomic mass is 16.5. The Bertz CT molecular complexity index is 443. The number of nitrogens with zero attached hydrogens (tertiary/aromatic N) is 2. The van der Waals surface area contributed by atoms with Crippen LogP contribution in [0.3, 0.4) is 0 Å². The van der Waals surface area contributed by atoms with E-state index >= 15 is 0 Å². The van der Waals surface area contributed by atoms with Gasteiger partial charge in [-0.3, -0.25) is 14.6 Å². The number of hydrogen-bond donors (Lipinski definition) is 0. The third-order valence-corrected chi connectivity index (χ3v) is 3.01. The Morgan fingerprint density at radius 3 is 2.58 bits per heavy atom. The number of amides is 1. The molecule has 1 amide bonds. The summed E-state index contributed by atoms with van der Waals surface area (Å²) in [5.41, 5.74) is -0.244. The summed E-state index contributed by atoms with van der Waals surface area (Å²) in [6.45, 7) is 3.65. The van der Waals surface area contributed by atoms with E-state index in [-0.39, 0.29) is 5.91 Å². The van der Waals surface area contributed by atoms with Crippen LogP contribution in [0, 0.1) is 5.41 Å². The number of ether oxygens (including phenoxy) is 1. The van der Waals surface area contributed by atoms with Crippen LogP contribution in [0.15, 0.2) is 24.4 Å². The molecule has 0 radical (unpaired) electrons.